The smallest absolute Gasteiger partial charge is 0.140 e. The molecule has 3 heteroatoms. The molecular weight excluding hydrogens is 246 g/mol. The number of nitrogens with zero attached hydrogens (tertiary/aromatic N) is 3. The van der Waals surface area contributed by atoms with Crippen LogP contribution in [0.2, 0.25) is 0 Å². The first-order valence-corrected chi connectivity index (χ1v) is 7.65. The van der Waals surface area contributed by atoms with E-state index in [2.05, 4.69) is 51.8 Å². The minimum absolute atomic E-state index is 0.892. The second-order valence-electron chi connectivity index (χ2n) is 5.75. The molecule has 0 N–H and O–H groups in total. The van der Waals surface area contributed by atoms with E-state index in [1.54, 1.807) is 0 Å². The Bertz CT molecular complexity index is 532. The predicted molar refractivity (Wildman–Crippen MR) is 82.3 cm³/mol. The highest BCUT2D eigenvalue weighted by Gasteiger charge is 2.22. The van der Waals surface area contributed by atoms with Gasteiger partial charge in [-0.3, -0.25) is 4.90 Å². The Hall–Kier alpha value is -1.61. The molecule has 20 heavy (non-hydrogen) atoms. The molecule has 0 radical (unpaired) electrons. The highest BCUT2D eigenvalue weighted by Crippen LogP contribution is 2.23. The Morgan fingerprint density at radius 3 is 2.90 bits per heavy atom. The van der Waals surface area contributed by atoms with Gasteiger partial charge in [-0.05, 0) is 18.8 Å². The number of hydrogen-bond donors (Lipinski definition) is 0. The Labute approximate surface area is 121 Å². The zero-order chi connectivity index (χ0) is 13.8. The third kappa shape index (κ3) is 2.93. The second kappa shape index (κ2) is 6.23. The van der Waals surface area contributed by atoms with Crippen molar-refractivity contribution in [3.8, 4) is 11.4 Å². The number of likely N-dealkylation sites (tertiary alicyclic amines) is 1. The summed E-state index contributed by atoms with van der Waals surface area (Å²) >= 11 is 0. The van der Waals surface area contributed by atoms with Crippen molar-refractivity contribution in [2.45, 2.75) is 32.9 Å². The number of benzene rings is 1. The van der Waals surface area contributed by atoms with Gasteiger partial charge in [0.05, 0.1) is 6.67 Å². The fourth-order valence-electron chi connectivity index (χ4n) is 3.17. The molecule has 1 aliphatic heterocycles. The van der Waals surface area contributed by atoms with E-state index in [1.807, 2.05) is 12.3 Å². The lowest BCUT2D eigenvalue weighted by molar-refractivity contribution is 0.259. The van der Waals surface area contributed by atoms with Crippen LogP contribution in [0.15, 0.2) is 42.7 Å². The molecule has 3 nitrogen and oxygen atoms in total. The minimum atomic E-state index is 0.892. The lowest BCUT2D eigenvalue weighted by Gasteiger charge is -2.18. The molecule has 106 valence electrons. The topological polar surface area (TPSA) is 21.1 Å². The van der Waals surface area contributed by atoms with E-state index in [4.69, 9.17) is 0 Å². The molecule has 0 saturated carbocycles. The Morgan fingerprint density at radius 1 is 1.25 bits per heavy atom. The van der Waals surface area contributed by atoms with Crippen molar-refractivity contribution in [1.82, 2.24) is 14.5 Å². The molecule has 0 bridgehead atoms. The molecule has 0 amide bonds. The normalized spacial score (nSPS) is 19.6. The van der Waals surface area contributed by atoms with Gasteiger partial charge in [0, 0.05) is 31.0 Å². The zero-order valence-electron chi connectivity index (χ0n) is 12.2. The number of hydrogen-bond acceptors (Lipinski definition) is 2. The molecule has 1 unspecified atom stereocenters. The van der Waals surface area contributed by atoms with Crippen LogP contribution >= 0.6 is 0 Å². The molecule has 1 aliphatic rings. The summed E-state index contributed by atoms with van der Waals surface area (Å²) < 4.78 is 2.27. The molecule has 2 heterocycles. The van der Waals surface area contributed by atoms with Gasteiger partial charge < -0.3 is 4.57 Å². The first-order valence-electron chi connectivity index (χ1n) is 7.65. The summed E-state index contributed by atoms with van der Waals surface area (Å²) in [7, 11) is 0. The fraction of sp³-hybridized carbons (Fsp3) is 0.471. The van der Waals surface area contributed by atoms with Gasteiger partial charge in [-0.25, -0.2) is 4.98 Å². The van der Waals surface area contributed by atoms with Crippen LogP contribution in [0.25, 0.3) is 11.4 Å². The first-order chi connectivity index (χ1) is 9.86. The summed E-state index contributed by atoms with van der Waals surface area (Å²) in [6, 6.07) is 10.4. The standard InChI is InChI=1S/C17H23N3/c1-2-6-15-9-11-19(13-15)14-20-12-10-18-17(20)16-7-4-3-5-8-16/h3-5,7-8,10,12,15H,2,6,9,11,13-14H2,1H3. The van der Waals surface area contributed by atoms with Crippen molar-refractivity contribution < 1.29 is 0 Å². The van der Waals surface area contributed by atoms with Gasteiger partial charge >= 0.3 is 0 Å². The largest absolute Gasteiger partial charge is 0.317 e. The zero-order valence-corrected chi connectivity index (χ0v) is 12.2. The molecule has 1 atom stereocenters. The molecule has 1 fully saturated rings. The second-order valence-corrected chi connectivity index (χ2v) is 5.75. The summed E-state index contributed by atoms with van der Waals surface area (Å²) in [5.74, 6) is 1.97. The highest BCUT2D eigenvalue weighted by atomic mass is 15.3. The van der Waals surface area contributed by atoms with Crippen molar-refractivity contribution in [2.24, 2.45) is 5.92 Å². The predicted octanol–water partition coefficient (Wildman–Crippen LogP) is 3.63. The lowest BCUT2D eigenvalue weighted by atomic mass is 10.0. The first kappa shape index (κ1) is 13.4. The van der Waals surface area contributed by atoms with Crippen LogP contribution < -0.4 is 0 Å². The molecule has 2 aromatic rings. The number of rotatable bonds is 5. The van der Waals surface area contributed by atoms with Crippen LogP contribution in [0.5, 0.6) is 0 Å². The van der Waals surface area contributed by atoms with Crippen LogP contribution in [-0.2, 0) is 6.67 Å². The minimum Gasteiger partial charge on any atom is -0.317 e. The molecule has 1 saturated heterocycles. The van der Waals surface area contributed by atoms with Gasteiger partial charge in [0.2, 0.25) is 0 Å². The van der Waals surface area contributed by atoms with Gasteiger partial charge in [0.15, 0.2) is 0 Å². The maximum atomic E-state index is 4.52. The third-order valence-electron chi connectivity index (χ3n) is 4.17. The molecule has 0 spiro atoms. The van der Waals surface area contributed by atoms with Crippen molar-refractivity contribution in [2.75, 3.05) is 13.1 Å². The molecule has 1 aromatic heterocycles. The summed E-state index contributed by atoms with van der Waals surface area (Å²) in [5.41, 5.74) is 1.20. The Morgan fingerprint density at radius 2 is 2.10 bits per heavy atom. The molecule has 0 aliphatic carbocycles. The van der Waals surface area contributed by atoms with Crippen molar-refractivity contribution in [3.63, 3.8) is 0 Å². The molecule has 1 aromatic carbocycles. The van der Waals surface area contributed by atoms with Crippen LogP contribution in [0.1, 0.15) is 26.2 Å². The van der Waals surface area contributed by atoms with Gasteiger partial charge in [0.1, 0.15) is 5.82 Å². The van der Waals surface area contributed by atoms with E-state index in [-0.39, 0.29) is 0 Å². The third-order valence-corrected chi connectivity index (χ3v) is 4.17. The average Bonchev–Trinajstić information content (AvgIpc) is 3.10. The van der Waals surface area contributed by atoms with E-state index in [9.17, 15) is 0 Å². The van der Waals surface area contributed by atoms with E-state index < -0.39 is 0 Å². The van der Waals surface area contributed by atoms with E-state index in [0.717, 1.165) is 18.4 Å². The monoisotopic (exact) mass is 269 g/mol. The molecular formula is C17H23N3. The van der Waals surface area contributed by atoms with Gasteiger partial charge in [0.25, 0.3) is 0 Å². The Kier molecular flexibility index (Phi) is 4.16. The quantitative estimate of drug-likeness (QED) is 0.826. The average molecular weight is 269 g/mol. The molecule has 3 rings (SSSR count). The highest BCUT2D eigenvalue weighted by molar-refractivity contribution is 5.54. The van der Waals surface area contributed by atoms with Crippen molar-refractivity contribution in [1.29, 1.82) is 0 Å². The van der Waals surface area contributed by atoms with E-state index in [0.29, 0.717) is 0 Å². The maximum absolute atomic E-state index is 4.52. The van der Waals surface area contributed by atoms with Gasteiger partial charge in [-0.15, -0.1) is 0 Å². The summed E-state index contributed by atoms with van der Waals surface area (Å²) in [6.07, 6.45) is 8.02. The van der Waals surface area contributed by atoms with E-state index >= 15 is 0 Å². The fourth-order valence-corrected chi connectivity index (χ4v) is 3.17. The summed E-state index contributed by atoms with van der Waals surface area (Å²) in [5, 5.41) is 0. The summed E-state index contributed by atoms with van der Waals surface area (Å²) in [4.78, 5) is 7.07. The van der Waals surface area contributed by atoms with E-state index in [1.165, 1.54) is 37.9 Å². The van der Waals surface area contributed by atoms with Crippen LogP contribution in [0.4, 0.5) is 0 Å². The maximum Gasteiger partial charge on any atom is 0.140 e. The summed E-state index contributed by atoms with van der Waals surface area (Å²) in [6.45, 7) is 5.70. The van der Waals surface area contributed by atoms with Crippen LogP contribution in [-0.4, -0.2) is 27.5 Å². The number of aromatic nitrogens is 2. The van der Waals surface area contributed by atoms with Crippen LogP contribution in [0, 0.1) is 5.92 Å². The van der Waals surface area contributed by atoms with Crippen LogP contribution in [0.3, 0.4) is 0 Å². The van der Waals surface area contributed by atoms with Gasteiger partial charge in [-0.2, -0.15) is 0 Å². The van der Waals surface area contributed by atoms with Crippen molar-refractivity contribution >= 4 is 0 Å². The Balaban J connectivity index is 1.69. The SMILES string of the molecule is CCCC1CCN(Cn2ccnc2-c2ccccc2)C1. The van der Waals surface area contributed by atoms with Gasteiger partial charge in [-0.1, -0.05) is 43.7 Å². The number of imidazole rings is 1. The van der Waals surface area contributed by atoms with Crippen molar-refractivity contribution in [3.05, 3.63) is 42.7 Å². The lowest BCUT2D eigenvalue weighted by Crippen LogP contribution is -2.24.